The highest BCUT2D eigenvalue weighted by atomic mass is 16.5. The third-order valence-electron chi connectivity index (χ3n) is 4.81. The van der Waals surface area contributed by atoms with Crippen molar-refractivity contribution in [3.8, 4) is 17.0 Å². The summed E-state index contributed by atoms with van der Waals surface area (Å²) in [5.41, 5.74) is 2.07. The van der Waals surface area contributed by atoms with Crippen molar-refractivity contribution in [1.82, 2.24) is 19.3 Å². The summed E-state index contributed by atoms with van der Waals surface area (Å²) < 4.78 is 8.66. The SMILES string of the molecule is CCNC(=O)c1cn2cc(-c3ccc(OC)cc3)n(CC3CC3)c(=O)c2n1. The lowest BCUT2D eigenvalue weighted by Gasteiger charge is -2.14. The summed E-state index contributed by atoms with van der Waals surface area (Å²) >= 11 is 0. The van der Waals surface area contributed by atoms with Crippen LogP contribution >= 0.6 is 0 Å². The molecular weight excluding hydrogens is 344 g/mol. The molecule has 1 N–H and O–H groups in total. The maximum atomic E-state index is 13.1. The second-order valence-electron chi connectivity index (χ2n) is 6.82. The van der Waals surface area contributed by atoms with Gasteiger partial charge in [0, 0.05) is 31.0 Å². The van der Waals surface area contributed by atoms with Crippen LogP contribution in [0.5, 0.6) is 5.75 Å². The molecule has 7 nitrogen and oxygen atoms in total. The van der Waals surface area contributed by atoms with Gasteiger partial charge in [0.05, 0.1) is 12.8 Å². The van der Waals surface area contributed by atoms with Crippen molar-refractivity contribution in [2.45, 2.75) is 26.3 Å². The number of benzene rings is 1. The second kappa shape index (κ2) is 6.90. The number of rotatable bonds is 6. The van der Waals surface area contributed by atoms with Gasteiger partial charge in [-0.2, -0.15) is 0 Å². The van der Waals surface area contributed by atoms with Crippen molar-refractivity contribution in [1.29, 1.82) is 0 Å². The Balaban J connectivity index is 1.86. The van der Waals surface area contributed by atoms with E-state index in [-0.39, 0.29) is 22.8 Å². The van der Waals surface area contributed by atoms with E-state index < -0.39 is 0 Å². The molecule has 7 heteroatoms. The Kier molecular flexibility index (Phi) is 4.43. The normalized spacial score (nSPS) is 13.7. The summed E-state index contributed by atoms with van der Waals surface area (Å²) in [7, 11) is 1.62. The molecule has 3 aromatic rings. The molecule has 4 rings (SSSR count). The van der Waals surface area contributed by atoms with Crippen LogP contribution in [-0.2, 0) is 6.54 Å². The van der Waals surface area contributed by atoms with Crippen LogP contribution < -0.4 is 15.6 Å². The average molecular weight is 366 g/mol. The lowest BCUT2D eigenvalue weighted by Crippen LogP contribution is -2.25. The van der Waals surface area contributed by atoms with E-state index in [1.165, 1.54) is 0 Å². The first-order valence-electron chi connectivity index (χ1n) is 9.16. The fourth-order valence-electron chi connectivity index (χ4n) is 3.17. The van der Waals surface area contributed by atoms with Crippen LogP contribution in [0, 0.1) is 5.92 Å². The summed E-state index contributed by atoms with van der Waals surface area (Å²) in [4.78, 5) is 29.5. The highest BCUT2D eigenvalue weighted by Gasteiger charge is 2.25. The van der Waals surface area contributed by atoms with Gasteiger partial charge in [0.1, 0.15) is 11.4 Å². The van der Waals surface area contributed by atoms with Crippen molar-refractivity contribution in [3.63, 3.8) is 0 Å². The molecule has 0 unspecified atom stereocenters. The molecule has 1 aromatic carbocycles. The Morgan fingerprint density at radius 2 is 2.00 bits per heavy atom. The van der Waals surface area contributed by atoms with Crippen molar-refractivity contribution in [2.24, 2.45) is 5.92 Å². The van der Waals surface area contributed by atoms with Gasteiger partial charge in [0.2, 0.25) is 5.65 Å². The molecule has 2 heterocycles. The molecule has 1 amide bonds. The van der Waals surface area contributed by atoms with Gasteiger partial charge in [0.15, 0.2) is 0 Å². The highest BCUT2D eigenvalue weighted by molar-refractivity contribution is 5.92. The van der Waals surface area contributed by atoms with E-state index in [0.717, 1.165) is 29.8 Å². The van der Waals surface area contributed by atoms with E-state index in [1.54, 1.807) is 22.3 Å². The molecule has 0 saturated heterocycles. The first kappa shape index (κ1) is 17.3. The van der Waals surface area contributed by atoms with E-state index in [2.05, 4.69) is 10.3 Å². The van der Waals surface area contributed by atoms with E-state index in [1.807, 2.05) is 37.4 Å². The summed E-state index contributed by atoms with van der Waals surface area (Å²) in [6.45, 7) is 3.02. The zero-order chi connectivity index (χ0) is 19.0. The van der Waals surface area contributed by atoms with Crippen molar-refractivity contribution in [2.75, 3.05) is 13.7 Å². The molecule has 0 spiro atoms. The van der Waals surface area contributed by atoms with Gasteiger partial charge in [-0.3, -0.25) is 14.0 Å². The predicted molar refractivity (Wildman–Crippen MR) is 102 cm³/mol. The van der Waals surface area contributed by atoms with Crippen LogP contribution in [0.4, 0.5) is 0 Å². The fourth-order valence-corrected chi connectivity index (χ4v) is 3.17. The molecule has 0 aliphatic heterocycles. The number of carbonyl (C=O) groups is 1. The number of hydrogen-bond acceptors (Lipinski definition) is 4. The summed E-state index contributed by atoms with van der Waals surface area (Å²) in [5.74, 6) is 1.01. The molecular formula is C20H22N4O3. The topological polar surface area (TPSA) is 77.6 Å². The van der Waals surface area contributed by atoms with Crippen LogP contribution in [0.25, 0.3) is 16.9 Å². The van der Waals surface area contributed by atoms with Crippen molar-refractivity contribution in [3.05, 3.63) is 52.7 Å². The number of hydrogen-bond donors (Lipinski definition) is 1. The number of aromatic nitrogens is 3. The number of ether oxygens (including phenoxy) is 1. The van der Waals surface area contributed by atoms with Gasteiger partial charge in [-0.15, -0.1) is 0 Å². The number of imidazole rings is 1. The molecule has 140 valence electrons. The third kappa shape index (κ3) is 3.32. The Bertz CT molecular complexity index is 1050. The minimum Gasteiger partial charge on any atom is -0.497 e. The number of nitrogens with zero attached hydrogens (tertiary/aromatic N) is 3. The molecule has 0 radical (unpaired) electrons. The van der Waals surface area contributed by atoms with Crippen molar-refractivity contribution < 1.29 is 9.53 Å². The minimum atomic E-state index is -0.277. The standard InChI is InChI=1S/C20H22N4O3/c1-3-21-19(25)16-11-23-12-17(14-6-8-15(27-2)9-7-14)24(10-13-4-5-13)20(26)18(23)22-16/h6-9,11-13H,3-5,10H2,1-2H3,(H,21,25). The van der Waals surface area contributed by atoms with Crippen molar-refractivity contribution >= 4 is 11.6 Å². The van der Waals surface area contributed by atoms with E-state index in [9.17, 15) is 9.59 Å². The van der Waals surface area contributed by atoms with Crippen LogP contribution in [0.3, 0.4) is 0 Å². The number of nitrogens with one attached hydrogen (secondary N) is 1. The smallest absolute Gasteiger partial charge is 0.294 e. The number of methoxy groups -OCH3 is 1. The minimum absolute atomic E-state index is 0.175. The van der Waals surface area contributed by atoms with Crippen LogP contribution in [0.1, 0.15) is 30.3 Å². The Morgan fingerprint density at radius 1 is 1.26 bits per heavy atom. The first-order chi connectivity index (χ1) is 13.1. The van der Waals surface area contributed by atoms with Gasteiger partial charge in [-0.1, -0.05) is 0 Å². The van der Waals surface area contributed by atoms with Gasteiger partial charge in [0.25, 0.3) is 11.5 Å². The summed E-state index contributed by atoms with van der Waals surface area (Å²) in [6.07, 6.45) is 5.75. The van der Waals surface area contributed by atoms with Crippen LogP contribution in [0.15, 0.2) is 41.5 Å². The van der Waals surface area contributed by atoms with E-state index in [4.69, 9.17) is 4.74 Å². The summed E-state index contributed by atoms with van der Waals surface area (Å²) in [5, 5.41) is 2.72. The first-order valence-corrected chi connectivity index (χ1v) is 9.16. The number of carbonyl (C=O) groups excluding carboxylic acids is 1. The van der Waals surface area contributed by atoms with Gasteiger partial charge in [-0.25, -0.2) is 4.98 Å². The maximum absolute atomic E-state index is 13.1. The summed E-state index contributed by atoms with van der Waals surface area (Å²) in [6, 6.07) is 7.62. The predicted octanol–water partition coefficient (Wildman–Crippen LogP) is 2.33. The lowest BCUT2D eigenvalue weighted by molar-refractivity contribution is 0.0951. The van der Waals surface area contributed by atoms with Gasteiger partial charge in [-0.05, 0) is 49.9 Å². The Labute approximate surface area is 156 Å². The largest absolute Gasteiger partial charge is 0.497 e. The molecule has 2 aromatic heterocycles. The number of amides is 1. The van der Waals surface area contributed by atoms with E-state index >= 15 is 0 Å². The zero-order valence-corrected chi connectivity index (χ0v) is 15.4. The monoisotopic (exact) mass is 366 g/mol. The molecule has 1 aliphatic carbocycles. The van der Waals surface area contributed by atoms with Crippen LogP contribution in [0.2, 0.25) is 0 Å². The van der Waals surface area contributed by atoms with E-state index in [0.29, 0.717) is 19.0 Å². The quantitative estimate of drug-likeness (QED) is 0.726. The molecule has 1 aliphatic rings. The average Bonchev–Trinajstić information content (AvgIpc) is 3.39. The molecule has 0 atom stereocenters. The maximum Gasteiger partial charge on any atom is 0.294 e. The third-order valence-corrected chi connectivity index (χ3v) is 4.81. The lowest BCUT2D eigenvalue weighted by atomic mass is 10.1. The molecule has 27 heavy (non-hydrogen) atoms. The molecule has 0 bridgehead atoms. The fraction of sp³-hybridized carbons (Fsp3) is 0.350. The highest BCUT2D eigenvalue weighted by Crippen LogP contribution is 2.32. The Hall–Kier alpha value is -3.09. The van der Waals surface area contributed by atoms with Crippen LogP contribution in [-0.4, -0.2) is 33.5 Å². The van der Waals surface area contributed by atoms with Gasteiger partial charge < -0.3 is 14.6 Å². The molecule has 1 saturated carbocycles. The molecule has 1 fully saturated rings. The Morgan fingerprint density at radius 3 is 2.63 bits per heavy atom. The van der Waals surface area contributed by atoms with Gasteiger partial charge >= 0.3 is 0 Å². The second-order valence-corrected chi connectivity index (χ2v) is 6.82. The number of fused-ring (bicyclic) bond motifs is 1. The zero-order valence-electron chi connectivity index (χ0n) is 15.4.